The van der Waals surface area contributed by atoms with Crippen molar-refractivity contribution in [3.63, 3.8) is 0 Å². The van der Waals surface area contributed by atoms with Crippen molar-refractivity contribution < 1.29 is 4.79 Å². The Morgan fingerprint density at radius 2 is 1.89 bits per heavy atom. The molecule has 8 heteroatoms. The van der Waals surface area contributed by atoms with E-state index in [1.807, 2.05) is 55.5 Å². The standard InChI is InChI=1S/C20H16ClN5OS/c1-13(14-4-8-17(9-5-14)26-12-22-11-23-26)24-19(27)18-10-28-20(25-18)15-2-6-16(21)7-3-15/h2-13H,1H3,(H,24,27)/t13-/m0/s1. The molecular formula is C20H16ClN5OS. The number of halogens is 1. The van der Waals surface area contributed by atoms with Gasteiger partial charge in [0.05, 0.1) is 11.7 Å². The minimum absolute atomic E-state index is 0.155. The van der Waals surface area contributed by atoms with Crippen molar-refractivity contribution in [2.45, 2.75) is 13.0 Å². The number of hydrogen-bond donors (Lipinski definition) is 1. The first-order chi connectivity index (χ1) is 13.6. The molecule has 2 aromatic carbocycles. The lowest BCUT2D eigenvalue weighted by molar-refractivity contribution is 0.0935. The molecule has 0 saturated carbocycles. The number of hydrogen-bond acceptors (Lipinski definition) is 5. The van der Waals surface area contributed by atoms with Gasteiger partial charge in [-0.2, -0.15) is 5.10 Å². The van der Waals surface area contributed by atoms with Gasteiger partial charge in [0, 0.05) is 16.0 Å². The average Bonchev–Trinajstić information content (AvgIpc) is 3.41. The molecule has 0 aliphatic rings. The van der Waals surface area contributed by atoms with Gasteiger partial charge in [0.15, 0.2) is 0 Å². The molecule has 1 amide bonds. The number of carbonyl (C=O) groups excluding carboxylic acids is 1. The molecule has 2 heterocycles. The Hall–Kier alpha value is -3.03. The second kappa shape index (κ2) is 7.92. The lowest BCUT2D eigenvalue weighted by atomic mass is 10.1. The van der Waals surface area contributed by atoms with Crippen molar-refractivity contribution in [3.8, 4) is 16.3 Å². The van der Waals surface area contributed by atoms with Crippen molar-refractivity contribution in [3.05, 3.63) is 82.8 Å². The first kappa shape index (κ1) is 18.3. The summed E-state index contributed by atoms with van der Waals surface area (Å²) in [6, 6.07) is 15.0. The molecule has 0 bridgehead atoms. The van der Waals surface area contributed by atoms with E-state index in [2.05, 4.69) is 20.4 Å². The van der Waals surface area contributed by atoms with Crippen molar-refractivity contribution in [1.82, 2.24) is 25.1 Å². The van der Waals surface area contributed by atoms with E-state index in [4.69, 9.17) is 11.6 Å². The van der Waals surface area contributed by atoms with Crippen LogP contribution in [0.1, 0.15) is 29.0 Å². The van der Waals surface area contributed by atoms with E-state index >= 15 is 0 Å². The molecule has 0 fully saturated rings. The molecule has 2 aromatic heterocycles. The Morgan fingerprint density at radius 3 is 2.57 bits per heavy atom. The van der Waals surface area contributed by atoms with Crippen LogP contribution in [-0.2, 0) is 0 Å². The summed E-state index contributed by atoms with van der Waals surface area (Å²) in [5.41, 5.74) is 3.24. The molecule has 0 saturated heterocycles. The summed E-state index contributed by atoms with van der Waals surface area (Å²) in [5, 5.41) is 10.3. The molecule has 140 valence electrons. The Morgan fingerprint density at radius 1 is 1.14 bits per heavy atom. The van der Waals surface area contributed by atoms with Crippen molar-refractivity contribution in [2.24, 2.45) is 0 Å². The van der Waals surface area contributed by atoms with Gasteiger partial charge in [-0.25, -0.2) is 14.6 Å². The highest BCUT2D eigenvalue weighted by atomic mass is 35.5. The van der Waals surface area contributed by atoms with Gasteiger partial charge >= 0.3 is 0 Å². The number of thiazole rings is 1. The maximum atomic E-state index is 12.6. The summed E-state index contributed by atoms with van der Waals surface area (Å²) in [4.78, 5) is 21.0. The highest BCUT2D eigenvalue weighted by molar-refractivity contribution is 7.13. The molecule has 4 aromatic rings. The second-order valence-electron chi connectivity index (χ2n) is 6.17. The molecule has 0 radical (unpaired) electrons. The number of nitrogens with zero attached hydrogens (tertiary/aromatic N) is 4. The van der Waals surface area contributed by atoms with Gasteiger partial charge in [-0.1, -0.05) is 35.9 Å². The topological polar surface area (TPSA) is 72.7 Å². The fourth-order valence-electron chi connectivity index (χ4n) is 2.71. The third-order valence-electron chi connectivity index (χ3n) is 4.25. The molecule has 1 atom stereocenters. The first-order valence-corrected chi connectivity index (χ1v) is 9.83. The number of rotatable bonds is 5. The van der Waals surface area contributed by atoms with Crippen LogP contribution in [0.15, 0.2) is 66.6 Å². The molecule has 0 aliphatic carbocycles. The number of nitrogens with one attached hydrogen (secondary N) is 1. The number of carbonyl (C=O) groups is 1. The van der Waals surface area contributed by atoms with Crippen LogP contribution in [0.3, 0.4) is 0 Å². The number of amides is 1. The normalized spacial score (nSPS) is 11.9. The Labute approximate surface area is 170 Å². The zero-order valence-electron chi connectivity index (χ0n) is 14.9. The van der Waals surface area contributed by atoms with E-state index < -0.39 is 0 Å². The smallest absolute Gasteiger partial charge is 0.271 e. The summed E-state index contributed by atoms with van der Waals surface area (Å²) in [6.07, 6.45) is 3.13. The minimum Gasteiger partial charge on any atom is -0.344 e. The first-order valence-electron chi connectivity index (χ1n) is 8.57. The monoisotopic (exact) mass is 409 g/mol. The van der Waals surface area contributed by atoms with Gasteiger partial charge in [-0.15, -0.1) is 11.3 Å². The lowest BCUT2D eigenvalue weighted by Gasteiger charge is -2.14. The van der Waals surface area contributed by atoms with Crippen LogP contribution in [0.4, 0.5) is 0 Å². The van der Waals surface area contributed by atoms with Crippen molar-refractivity contribution >= 4 is 28.8 Å². The van der Waals surface area contributed by atoms with Crippen molar-refractivity contribution in [1.29, 1.82) is 0 Å². The molecule has 0 spiro atoms. The maximum absolute atomic E-state index is 12.6. The summed E-state index contributed by atoms with van der Waals surface area (Å²) in [6.45, 7) is 1.94. The highest BCUT2D eigenvalue weighted by Gasteiger charge is 2.15. The zero-order chi connectivity index (χ0) is 19.5. The van der Waals surface area contributed by atoms with Crippen LogP contribution in [-0.4, -0.2) is 25.7 Å². The molecule has 4 rings (SSSR count). The summed E-state index contributed by atoms with van der Waals surface area (Å²) in [7, 11) is 0. The van der Waals surface area contributed by atoms with Crippen molar-refractivity contribution in [2.75, 3.05) is 0 Å². The van der Waals surface area contributed by atoms with Gasteiger partial charge < -0.3 is 5.32 Å². The minimum atomic E-state index is -0.204. The van der Waals surface area contributed by atoms with Gasteiger partial charge in [0.2, 0.25) is 0 Å². The van der Waals surface area contributed by atoms with Crippen LogP contribution in [0.5, 0.6) is 0 Å². The van der Waals surface area contributed by atoms with E-state index in [0.717, 1.165) is 21.8 Å². The summed E-state index contributed by atoms with van der Waals surface area (Å²) < 4.78 is 1.68. The van der Waals surface area contributed by atoms with Gasteiger partial charge in [-0.3, -0.25) is 4.79 Å². The van der Waals surface area contributed by atoms with Crippen LogP contribution < -0.4 is 5.32 Å². The van der Waals surface area contributed by atoms with E-state index in [1.54, 1.807) is 16.4 Å². The average molecular weight is 410 g/mol. The molecule has 0 unspecified atom stereocenters. The van der Waals surface area contributed by atoms with Crippen LogP contribution in [0.25, 0.3) is 16.3 Å². The van der Waals surface area contributed by atoms with Crippen LogP contribution >= 0.6 is 22.9 Å². The van der Waals surface area contributed by atoms with E-state index in [1.165, 1.54) is 17.7 Å². The van der Waals surface area contributed by atoms with Crippen LogP contribution in [0.2, 0.25) is 5.02 Å². The summed E-state index contributed by atoms with van der Waals surface area (Å²) >= 11 is 7.35. The quantitative estimate of drug-likeness (QED) is 0.525. The number of aromatic nitrogens is 4. The van der Waals surface area contributed by atoms with Gasteiger partial charge in [0.25, 0.3) is 5.91 Å². The Kier molecular flexibility index (Phi) is 5.18. The number of benzene rings is 2. The largest absolute Gasteiger partial charge is 0.344 e. The lowest BCUT2D eigenvalue weighted by Crippen LogP contribution is -2.26. The third kappa shape index (κ3) is 3.95. The predicted molar refractivity (Wildman–Crippen MR) is 110 cm³/mol. The molecule has 28 heavy (non-hydrogen) atoms. The second-order valence-corrected chi connectivity index (χ2v) is 7.47. The van der Waals surface area contributed by atoms with Crippen LogP contribution in [0, 0.1) is 0 Å². The molecule has 0 aliphatic heterocycles. The van der Waals surface area contributed by atoms with Gasteiger partial charge in [0.1, 0.15) is 23.4 Å². The van der Waals surface area contributed by atoms with E-state index in [9.17, 15) is 4.79 Å². The highest BCUT2D eigenvalue weighted by Crippen LogP contribution is 2.25. The van der Waals surface area contributed by atoms with E-state index in [-0.39, 0.29) is 11.9 Å². The van der Waals surface area contributed by atoms with E-state index in [0.29, 0.717) is 10.7 Å². The maximum Gasteiger partial charge on any atom is 0.271 e. The molecule has 1 N–H and O–H groups in total. The predicted octanol–water partition coefficient (Wildman–Crippen LogP) is 4.54. The summed E-state index contributed by atoms with van der Waals surface area (Å²) in [5.74, 6) is -0.204. The molecular weight excluding hydrogens is 394 g/mol. The van der Waals surface area contributed by atoms with Gasteiger partial charge in [-0.05, 0) is 36.8 Å². The third-order valence-corrected chi connectivity index (χ3v) is 5.40. The SMILES string of the molecule is C[C@H](NC(=O)c1csc(-c2ccc(Cl)cc2)n1)c1ccc(-n2cncn2)cc1. The molecule has 6 nitrogen and oxygen atoms in total. The zero-order valence-corrected chi connectivity index (χ0v) is 16.5. The fourth-order valence-corrected chi connectivity index (χ4v) is 3.65. The Bertz CT molecular complexity index is 1070. The Balaban J connectivity index is 1.44. The fraction of sp³-hybridized carbons (Fsp3) is 0.100.